The fourth-order valence-electron chi connectivity index (χ4n) is 5.61. The molecule has 4 bridgehead atoms. The number of anilines is 1. The van der Waals surface area contributed by atoms with Crippen LogP contribution in [0.4, 0.5) is 10.5 Å². The van der Waals surface area contributed by atoms with Crippen molar-refractivity contribution in [3.05, 3.63) is 46.5 Å². The molecule has 2 saturated heterocycles. The zero-order valence-electron chi connectivity index (χ0n) is 24.0. The number of esters is 1. The van der Waals surface area contributed by atoms with Gasteiger partial charge in [-0.25, -0.2) is 4.79 Å². The summed E-state index contributed by atoms with van der Waals surface area (Å²) in [6.07, 6.45) is 1.61. The number of fused-ring (bicyclic) bond motifs is 5. The molecule has 3 N–H and O–H groups in total. The number of allylic oxidation sites excluding steroid dienone is 3. The quantitative estimate of drug-likeness (QED) is 0.353. The van der Waals surface area contributed by atoms with Crippen molar-refractivity contribution in [2.75, 3.05) is 19.5 Å². The first-order valence-corrected chi connectivity index (χ1v) is 13.8. The first-order valence-electron chi connectivity index (χ1n) is 13.4. The van der Waals surface area contributed by atoms with Crippen LogP contribution in [0.15, 0.2) is 35.9 Å². The van der Waals surface area contributed by atoms with Crippen molar-refractivity contribution in [3.63, 3.8) is 0 Å². The van der Waals surface area contributed by atoms with Crippen LogP contribution in [-0.2, 0) is 35.0 Å². The Hall–Kier alpha value is -3.12. The number of epoxide rings is 1. The van der Waals surface area contributed by atoms with E-state index in [9.17, 15) is 19.5 Å². The number of halogens is 1. The number of aliphatic hydroxyl groups is 1. The number of benzene rings is 1. The molecule has 11 nitrogen and oxygen atoms in total. The highest BCUT2D eigenvalue weighted by Crippen LogP contribution is 2.49. The molecule has 1 unspecified atom stereocenters. The summed E-state index contributed by atoms with van der Waals surface area (Å²) >= 11 is 6.53. The van der Waals surface area contributed by atoms with Gasteiger partial charge in [0.05, 0.1) is 25.3 Å². The number of carbonyl (C=O) groups excluding carboxylic acids is 3. The number of methoxy groups -OCH3 is 2. The van der Waals surface area contributed by atoms with Gasteiger partial charge >= 0.3 is 12.1 Å². The summed E-state index contributed by atoms with van der Waals surface area (Å²) in [5.74, 6) is -1.06. The van der Waals surface area contributed by atoms with E-state index in [4.69, 9.17) is 35.3 Å². The zero-order chi connectivity index (χ0) is 30.1. The smallest absolute Gasteiger partial charge is 0.409 e. The van der Waals surface area contributed by atoms with E-state index < -0.39 is 59.6 Å². The van der Waals surface area contributed by atoms with Crippen LogP contribution in [0.3, 0.4) is 0 Å². The molecule has 224 valence electrons. The van der Waals surface area contributed by atoms with E-state index in [-0.39, 0.29) is 17.9 Å². The lowest BCUT2D eigenvalue weighted by atomic mass is 9.83. The summed E-state index contributed by atoms with van der Waals surface area (Å²) in [6, 6.07) is 3.54. The van der Waals surface area contributed by atoms with Gasteiger partial charge in [0.1, 0.15) is 34.7 Å². The number of alkyl carbamates (subject to hydrolysis) is 1. The van der Waals surface area contributed by atoms with Gasteiger partial charge in [0.15, 0.2) is 5.72 Å². The molecule has 1 aromatic carbocycles. The highest BCUT2D eigenvalue weighted by atomic mass is 35.5. The van der Waals surface area contributed by atoms with Crippen molar-refractivity contribution in [3.8, 4) is 5.75 Å². The van der Waals surface area contributed by atoms with E-state index in [1.165, 1.54) is 21.1 Å². The van der Waals surface area contributed by atoms with Crippen molar-refractivity contribution >= 4 is 35.3 Å². The molecule has 7 atom stereocenters. The lowest BCUT2D eigenvalue weighted by molar-refractivity contribution is -0.151. The predicted octanol–water partition coefficient (Wildman–Crippen LogP) is 3.66. The minimum Gasteiger partial charge on any atom is -0.495 e. The molecule has 2 fully saturated rings. The SMILES string of the molecule is COc1cc2cc(c1Cl)NC(=O)C[C@H](OC(C)=O)[C@]1(C)OC1[C@H](C)[C@@H]1C[C@@](O)(NC(=O)O1)[C@@H](OC)/C=C/C=C(\C)C2. The van der Waals surface area contributed by atoms with Gasteiger partial charge in [-0.15, -0.1) is 0 Å². The molecule has 4 rings (SSSR count). The molecule has 0 spiro atoms. The van der Waals surface area contributed by atoms with Crippen LogP contribution in [0.1, 0.15) is 46.1 Å². The van der Waals surface area contributed by atoms with Gasteiger partial charge in [-0.3, -0.25) is 14.9 Å². The average Bonchev–Trinajstić information content (AvgIpc) is 3.58. The Kier molecular flexibility index (Phi) is 9.03. The van der Waals surface area contributed by atoms with Crippen LogP contribution in [0, 0.1) is 5.92 Å². The topological polar surface area (TPSA) is 145 Å². The van der Waals surface area contributed by atoms with Gasteiger partial charge < -0.3 is 34.1 Å². The fraction of sp³-hybridized carbons (Fsp3) is 0.552. The molecule has 2 amide bonds. The standard InChI is InChI=1S/C29H37ClN2O9/c1-15-8-7-9-22(38-6)29(36)14-21(40-27(35)32-29)16(2)26-28(4,41-26)23(39-17(3)33)13-24(34)31-19-11-18(10-15)12-20(37-5)25(19)30/h7-9,11-12,16,21-23,26,36H,10,13-14H2,1-6H3,(H,31,34)(H,32,35)/b9-7+,15-8+/t16-,21+,22+,23+,26?,28+,29+/m1/s1. The van der Waals surface area contributed by atoms with E-state index in [0.29, 0.717) is 17.9 Å². The van der Waals surface area contributed by atoms with Gasteiger partial charge in [0.25, 0.3) is 0 Å². The minimum absolute atomic E-state index is 0.00420. The number of amides is 2. The zero-order valence-corrected chi connectivity index (χ0v) is 24.7. The molecule has 0 radical (unpaired) electrons. The lowest BCUT2D eigenvalue weighted by Crippen LogP contribution is -2.63. The lowest BCUT2D eigenvalue weighted by Gasteiger charge is -2.42. The maximum absolute atomic E-state index is 13.2. The maximum Gasteiger partial charge on any atom is 0.409 e. The summed E-state index contributed by atoms with van der Waals surface area (Å²) in [6.45, 7) is 6.73. The van der Waals surface area contributed by atoms with E-state index in [2.05, 4.69) is 10.6 Å². The third kappa shape index (κ3) is 6.69. The van der Waals surface area contributed by atoms with E-state index >= 15 is 0 Å². The summed E-state index contributed by atoms with van der Waals surface area (Å²) in [7, 11) is 2.93. The molecule has 3 aliphatic rings. The Balaban J connectivity index is 1.75. The molecular weight excluding hydrogens is 556 g/mol. The van der Waals surface area contributed by atoms with Gasteiger partial charge in [0, 0.05) is 26.4 Å². The Morgan fingerprint density at radius 2 is 1.98 bits per heavy atom. The number of ether oxygens (including phenoxy) is 5. The summed E-state index contributed by atoms with van der Waals surface area (Å²) in [5.41, 5.74) is -0.681. The summed E-state index contributed by atoms with van der Waals surface area (Å²) in [5, 5.41) is 17.0. The average molecular weight is 593 g/mol. The number of nitrogens with one attached hydrogen (secondary N) is 2. The van der Waals surface area contributed by atoms with Crippen LogP contribution in [0.5, 0.6) is 5.75 Å². The molecule has 0 aliphatic carbocycles. The van der Waals surface area contributed by atoms with Gasteiger partial charge in [0.2, 0.25) is 5.91 Å². The van der Waals surface area contributed by atoms with Crippen molar-refractivity contribution in [1.82, 2.24) is 5.32 Å². The van der Waals surface area contributed by atoms with E-state index in [0.717, 1.165) is 11.1 Å². The fourth-order valence-corrected chi connectivity index (χ4v) is 5.84. The number of rotatable bonds is 3. The molecule has 41 heavy (non-hydrogen) atoms. The third-order valence-corrected chi connectivity index (χ3v) is 8.22. The molecule has 3 aliphatic heterocycles. The van der Waals surface area contributed by atoms with E-state index in [1.54, 1.807) is 31.2 Å². The highest BCUT2D eigenvalue weighted by Gasteiger charge is 2.64. The second-order valence-corrected chi connectivity index (χ2v) is 11.4. The molecule has 12 heteroatoms. The van der Waals surface area contributed by atoms with Crippen molar-refractivity contribution < 1.29 is 43.2 Å². The van der Waals surface area contributed by atoms with Gasteiger partial charge in [-0.2, -0.15) is 0 Å². The molecule has 0 saturated carbocycles. The van der Waals surface area contributed by atoms with Crippen LogP contribution in [0.25, 0.3) is 0 Å². The van der Waals surface area contributed by atoms with Gasteiger partial charge in [-0.05, 0) is 38.0 Å². The Labute approximate surface area is 244 Å². The van der Waals surface area contributed by atoms with Crippen molar-refractivity contribution in [1.29, 1.82) is 0 Å². The molecule has 3 heterocycles. The largest absolute Gasteiger partial charge is 0.495 e. The molecule has 0 aromatic heterocycles. The first kappa shape index (κ1) is 30.8. The second-order valence-electron chi connectivity index (χ2n) is 11.0. The number of hydrogen-bond donors (Lipinski definition) is 3. The first-order chi connectivity index (χ1) is 19.3. The highest BCUT2D eigenvalue weighted by molar-refractivity contribution is 6.35. The Morgan fingerprint density at radius 1 is 1.24 bits per heavy atom. The summed E-state index contributed by atoms with van der Waals surface area (Å²) in [4.78, 5) is 37.8. The monoisotopic (exact) mass is 592 g/mol. The Bertz CT molecular complexity index is 1270. The van der Waals surface area contributed by atoms with Crippen molar-refractivity contribution in [2.24, 2.45) is 5.92 Å². The van der Waals surface area contributed by atoms with Crippen LogP contribution >= 0.6 is 11.6 Å². The van der Waals surface area contributed by atoms with Crippen molar-refractivity contribution in [2.45, 2.75) is 82.7 Å². The summed E-state index contributed by atoms with van der Waals surface area (Å²) < 4.78 is 28.1. The van der Waals surface area contributed by atoms with Crippen LogP contribution in [0.2, 0.25) is 5.02 Å². The number of hydrogen-bond acceptors (Lipinski definition) is 9. The third-order valence-electron chi connectivity index (χ3n) is 7.83. The maximum atomic E-state index is 13.2. The van der Waals surface area contributed by atoms with Crippen LogP contribution < -0.4 is 15.4 Å². The normalized spacial score (nSPS) is 35.9. The van der Waals surface area contributed by atoms with Gasteiger partial charge in [-0.1, -0.05) is 42.3 Å². The Morgan fingerprint density at radius 3 is 2.63 bits per heavy atom. The predicted molar refractivity (Wildman–Crippen MR) is 150 cm³/mol. The minimum atomic E-state index is -1.76. The second kappa shape index (κ2) is 12.0. The van der Waals surface area contributed by atoms with Crippen LogP contribution in [-0.4, -0.2) is 73.0 Å². The molecular formula is C29H37ClN2O9. The molecule has 1 aromatic rings. The van der Waals surface area contributed by atoms with E-state index in [1.807, 2.05) is 19.9 Å². The number of carbonyl (C=O) groups is 3.